The highest BCUT2D eigenvalue weighted by molar-refractivity contribution is 5.57. The topological polar surface area (TPSA) is 100 Å². The van der Waals surface area contributed by atoms with E-state index >= 15 is 0 Å². The molecule has 0 fully saturated rings. The fourth-order valence-electron chi connectivity index (χ4n) is 1.20. The monoisotopic (exact) mass is 189 g/mol. The highest BCUT2D eigenvalue weighted by Gasteiger charge is 2.09. The number of aromatic nitrogens is 3. The fraction of sp³-hybridized carbons (Fsp3) is 0.125. The van der Waals surface area contributed by atoms with Crippen molar-refractivity contribution in [3.05, 3.63) is 23.8 Å². The average molecular weight is 189 g/mol. The lowest BCUT2D eigenvalue weighted by Crippen LogP contribution is -2.03. The number of nitrogens with zero attached hydrogens (tertiary/aromatic N) is 4. The largest absolute Gasteiger partial charge is 0.391 e. The number of nitriles is 1. The molecule has 3 N–H and O–H groups in total. The molecule has 0 saturated heterocycles. The molecule has 6 heteroatoms. The minimum atomic E-state index is -0.186. The van der Waals surface area contributed by atoms with Gasteiger partial charge in [-0.1, -0.05) is 0 Å². The Labute approximate surface area is 79.2 Å². The maximum Gasteiger partial charge on any atom is 0.185 e. The number of nitrogens with two attached hydrogens (primary N) is 1. The lowest BCUT2D eigenvalue weighted by molar-refractivity contribution is 0.281. The van der Waals surface area contributed by atoms with E-state index in [-0.39, 0.29) is 12.3 Å². The third-order valence-electron chi connectivity index (χ3n) is 1.95. The smallest absolute Gasteiger partial charge is 0.185 e. The van der Waals surface area contributed by atoms with Crippen LogP contribution in [0.3, 0.4) is 0 Å². The van der Waals surface area contributed by atoms with Crippen LogP contribution in [0.15, 0.2) is 12.5 Å². The first-order valence-corrected chi connectivity index (χ1v) is 3.89. The van der Waals surface area contributed by atoms with Crippen molar-refractivity contribution in [3.8, 4) is 6.07 Å². The van der Waals surface area contributed by atoms with Gasteiger partial charge < -0.3 is 10.8 Å². The highest BCUT2D eigenvalue weighted by atomic mass is 16.3. The van der Waals surface area contributed by atoms with Crippen molar-refractivity contribution in [1.82, 2.24) is 14.4 Å². The summed E-state index contributed by atoms with van der Waals surface area (Å²) in [6.07, 6.45) is 2.85. The first-order valence-electron chi connectivity index (χ1n) is 3.89. The number of imidazole rings is 1. The number of nitrogen functional groups attached to an aromatic ring is 1. The summed E-state index contributed by atoms with van der Waals surface area (Å²) in [6, 6.07) is 1.90. The van der Waals surface area contributed by atoms with Gasteiger partial charge in [0, 0.05) is 11.8 Å². The van der Waals surface area contributed by atoms with E-state index in [0.29, 0.717) is 17.0 Å². The van der Waals surface area contributed by atoms with Crippen LogP contribution in [0.5, 0.6) is 0 Å². The minimum Gasteiger partial charge on any atom is -0.391 e. The second kappa shape index (κ2) is 2.97. The molecule has 6 nitrogen and oxygen atoms in total. The quantitative estimate of drug-likeness (QED) is 0.640. The average Bonchev–Trinajstić information content (AvgIpc) is 2.62. The van der Waals surface area contributed by atoms with Gasteiger partial charge in [-0.3, -0.25) is 4.40 Å². The number of rotatable bonds is 1. The van der Waals surface area contributed by atoms with E-state index < -0.39 is 0 Å². The van der Waals surface area contributed by atoms with Crippen LogP contribution in [0.4, 0.5) is 5.82 Å². The maximum absolute atomic E-state index is 8.92. The molecule has 2 aromatic rings. The summed E-state index contributed by atoms with van der Waals surface area (Å²) in [5.41, 5.74) is 6.85. The van der Waals surface area contributed by atoms with E-state index in [4.69, 9.17) is 16.1 Å². The molecule has 0 aliphatic rings. The number of aliphatic hydroxyl groups is 1. The molecular formula is C8H7N5O. The zero-order valence-corrected chi connectivity index (χ0v) is 7.18. The Balaban J connectivity index is 2.80. The fourth-order valence-corrected chi connectivity index (χ4v) is 1.20. The van der Waals surface area contributed by atoms with Crippen LogP contribution in [-0.4, -0.2) is 19.5 Å². The van der Waals surface area contributed by atoms with Gasteiger partial charge in [-0.15, -0.1) is 0 Å². The van der Waals surface area contributed by atoms with Gasteiger partial charge in [0.15, 0.2) is 11.3 Å². The molecule has 2 heterocycles. The molecular weight excluding hydrogens is 182 g/mol. The van der Waals surface area contributed by atoms with Gasteiger partial charge in [0.2, 0.25) is 0 Å². The molecule has 0 bridgehead atoms. The lowest BCUT2D eigenvalue weighted by Gasteiger charge is -2.03. The maximum atomic E-state index is 8.92. The molecule has 0 radical (unpaired) electrons. The summed E-state index contributed by atoms with van der Waals surface area (Å²) in [5.74, 6) is 0.353. The number of aliphatic hydroxyl groups excluding tert-OH is 1. The molecule has 0 spiro atoms. The van der Waals surface area contributed by atoms with Crippen molar-refractivity contribution < 1.29 is 5.11 Å². The normalized spacial score (nSPS) is 10.3. The molecule has 0 aliphatic carbocycles. The van der Waals surface area contributed by atoms with E-state index in [1.165, 1.54) is 16.9 Å². The van der Waals surface area contributed by atoms with Crippen LogP contribution >= 0.6 is 0 Å². The molecule has 0 unspecified atom stereocenters. The summed E-state index contributed by atoms with van der Waals surface area (Å²) in [6.45, 7) is -0.186. The van der Waals surface area contributed by atoms with Crippen molar-refractivity contribution >= 4 is 11.5 Å². The summed E-state index contributed by atoms with van der Waals surface area (Å²) >= 11 is 0. The van der Waals surface area contributed by atoms with Gasteiger partial charge in [-0.2, -0.15) is 5.26 Å². The van der Waals surface area contributed by atoms with Gasteiger partial charge in [0.05, 0.1) is 6.61 Å². The van der Waals surface area contributed by atoms with Gasteiger partial charge in [-0.25, -0.2) is 9.97 Å². The molecule has 0 atom stereocenters. The van der Waals surface area contributed by atoms with Crippen LogP contribution in [0, 0.1) is 11.3 Å². The predicted octanol–water partition coefficient (Wildman–Crippen LogP) is -0.325. The van der Waals surface area contributed by atoms with Crippen LogP contribution in [0.2, 0.25) is 0 Å². The summed E-state index contributed by atoms with van der Waals surface area (Å²) in [5, 5.41) is 17.6. The second-order valence-corrected chi connectivity index (χ2v) is 2.73. The zero-order chi connectivity index (χ0) is 10.1. The Hall–Kier alpha value is -2.13. The SMILES string of the molecule is N#Cc1ncn2c(N)c(CO)cnc12. The molecule has 2 rings (SSSR count). The first-order chi connectivity index (χ1) is 6.77. The first kappa shape index (κ1) is 8.47. The van der Waals surface area contributed by atoms with Crippen molar-refractivity contribution in [3.63, 3.8) is 0 Å². The third-order valence-corrected chi connectivity index (χ3v) is 1.95. The van der Waals surface area contributed by atoms with Gasteiger partial charge in [0.1, 0.15) is 18.2 Å². The Kier molecular flexibility index (Phi) is 1.80. The summed E-state index contributed by atoms with van der Waals surface area (Å²) in [7, 11) is 0. The molecule has 0 aromatic carbocycles. The number of fused-ring (bicyclic) bond motifs is 1. The molecule has 14 heavy (non-hydrogen) atoms. The molecule has 0 saturated carbocycles. The minimum absolute atomic E-state index is 0.186. The van der Waals surface area contributed by atoms with Crippen molar-refractivity contribution in [1.29, 1.82) is 5.26 Å². The Morgan fingerprint density at radius 3 is 3.00 bits per heavy atom. The van der Waals surface area contributed by atoms with E-state index in [9.17, 15) is 0 Å². The van der Waals surface area contributed by atoms with E-state index in [0.717, 1.165) is 0 Å². The van der Waals surface area contributed by atoms with Crippen LogP contribution < -0.4 is 5.73 Å². The van der Waals surface area contributed by atoms with Gasteiger partial charge in [-0.05, 0) is 0 Å². The van der Waals surface area contributed by atoms with E-state index in [1.54, 1.807) is 0 Å². The predicted molar refractivity (Wildman–Crippen MR) is 48.0 cm³/mol. The third kappa shape index (κ3) is 1.000. The van der Waals surface area contributed by atoms with Crippen LogP contribution in [0.25, 0.3) is 5.65 Å². The van der Waals surface area contributed by atoms with Crippen molar-refractivity contribution in [2.75, 3.05) is 5.73 Å². The lowest BCUT2D eigenvalue weighted by atomic mass is 10.3. The number of anilines is 1. The summed E-state index contributed by atoms with van der Waals surface area (Å²) in [4.78, 5) is 7.81. The molecule has 0 aliphatic heterocycles. The van der Waals surface area contributed by atoms with Gasteiger partial charge in [0.25, 0.3) is 0 Å². The van der Waals surface area contributed by atoms with E-state index in [1.807, 2.05) is 6.07 Å². The van der Waals surface area contributed by atoms with Crippen molar-refractivity contribution in [2.45, 2.75) is 6.61 Å². The van der Waals surface area contributed by atoms with Crippen LogP contribution in [-0.2, 0) is 6.61 Å². The van der Waals surface area contributed by atoms with E-state index in [2.05, 4.69) is 9.97 Å². The van der Waals surface area contributed by atoms with Gasteiger partial charge >= 0.3 is 0 Å². The second-order valence-electron chi connectivity index (χ2n) is 2.73. The van der Waals surface area contributed by atoms with Crippen LogP contribution in [0.1, 0.15) is 11.3 Å². The zero-order valence-electron chi connectivity index (χ0n) is 7.18. The number of hydrogen-bond donors (Lipinski definition) is 2. The molecule has 0 amide bonds. The Morgan fingerprint density at radius 1 is 1.57 bits per heavy atom. The highest BCUT2D eigenvalue weighted by Crippen LogP contribution is 2.14. The van der Waals surface area contributed by atoms with Crippen molar-refractivity contribution in [2.24, 2.45) is 0 Å². The Bertz CT molecular complexity index is 524. The molecule has 70 valence electrons. The summed E-state index contributed by atoms with van der Waals surface area (Å²) < 4.78 is 1.48. The standard InChI is InChI=1S/C8H7N5O/c9-1-6-8-11-2-5(3-14)7(10)13(8)4-12-6/h2,4,14H,3,10H2. The Morgan fingerprint density at radius 2 is 2.36 bits per heavy atom. The number of hydrogen-bond acceptors (Lipinski definition) is 5. The molecule has 2 aromatic heterocycles.